The van der Waals surface area contributed by atoms with E-state index in [0.29, 0.717) is 6.10 Å². The minimum absolute atomic E-state index is 0.407. The molecule has 0 radical (unpaired) electrons. The quantitative estimate of drug-likeness (QED) is 0.632. The van der Waals surface area contributed by atoms with Crippen LogP contribution in [0.5, 0.6) is 0 Å². The van der Waals surface area contributed by atoms with Crippen molar-refractivity contribution < 1.29 is 4.74 Å². The van der Waals surface area contributed by atoms with E-state index in [9.17, 15) is 0 Å². The Morgan fingerprint density at radius 2 is 1.75 bits per heavy atom. The zero-order chi connectivity index (χ0) is 8.97. The van der Waals surface area contributed by atoms with E-state index in [0.717, 1.165) is 18.4 Å². The molecular weight excluding hydrogens is 148 g/mol. The normalized spacial score (nSPS) is 31.0. The molecule has 0 spiro atoms. The Bertz CT molecular complexity index is 112. The van der Waals surface area contributed by atoms with Crippen LogP contribution in [0.25, 0.3) is 0 Å². The zero-order valence-electron chi connectivity index (χ0n) is 8.68. The van der Waals surface area contributed by atoms with Crippen LogP contribution in [0.1, 0.15) is 46.5 Å². The maximum absolute atomic E-state index is 5.62. The molecule has 0 N–H and O–H groups in total. The fraction of sp³-hybridized carbons (Fsp3) is 1.00. The Morgan fingerprint density at radius 3 is 2.25 bits per heavy atom. The van der Waals surface area contributed by atoms with Gasteiger partial charge in [-0.3, -0.25) is 0 Å². The lowest BCUT2D eigenvalue weighted by Crippen LogP contribution is -2.19. The van der Waals surface area contributed by atoms with Crippen LogP contribution in [0, 0.1) is 11.8 Å². The molecule has 12 heavy (non-hydrogen) atoms. The average Bonchev–Trinajstić information content (AvgIpc) is 2.03. The predicted molar refractivity (Wildman–Crippen MR) is 52.2 cm³/mol. The molecule has 0 unspecified atom stereocenters. The molecule has 72 valence electrons. The third kappa shape index (κ3) is 3.57. The van der Waals surface area contributed by atoms with Crippen molar-refractivity contribution in [1.82, 2.24) is 0 Å². The molecule has 1 saturated carbocycles. The summed E-state index contributed by atoms with van der Waals surface area (Å²) in [5.74, 6) is 1.81. The molecule has 0 aliphatic heterocycles. The molecule has 0 aromatic carbocycles. The largest absolute Gasteiger partial charge is 0.379 e. The highest BCUT2D eigenvalue weighted by molar-refractivity contribution is 4.69. The Hall–Kier alpha value is -0.0400. The molecule has 0 amide bonds. The second kappa shape index (κ2) is 4.86. The number of rotatable bonds is 3. The first kappa shape index (κ1) is 10.0. The molecule has 1 rings (SSSR count). The molecule has 0 saturated heterocycles. The number of hydrogen-bond donors (Lipinski definition) is 0. The molecule has 0 aromatic heterocycles. The van der Waals surface area contributed by atoms with Crippen LogP contribution in [-0.4, -0.2) is 12.7 Å². The van der Waals surface area contributed by atoms with Crippen molar-refractivity contribution in [2.75, 3.05) is 6.61 Å². The van der Waals surface area contributed by atoms with Crippen LogP contribution in [0.3, 0.4) is 0 Å². The van der Waals surface area contributed by atoms with Gasteiger partial charge in [-0.25, -0.2) is 0 Å². The van der Waals surface area contributed by atoms with Crippen LogP contribution in [-0.2, 0) is 4.74 Å². The van der Waals surface area contributed by atoms with E-state index in [4.69, 9.17) is 4.74 Å². The summed E-state index contributed by atoms with van der Waals surface area (Å²) in [6, 6.07) is 0. The standard InChI is InChI=1S/C11H22O/c1-9(2)12-8-11-6-4-10(3)5-7-11/h9-11H,4-8H2,1-3H3/t10-,11-. The van der Waals surface area contributed by atoms with E-state index in [1.807, 2.05) is 0 Å². The van der Waals surface area contributed by atoms with Crippen LogP contribution in [0.2, 0.25) is 0 Å². The summed E-state index contributed by atoms with van der Waals surface area (Å²) in [7, 11) is 0. The van der Waals surface area contributed by atoms with Gasteiger partial charge in [-0.1, -0.05) is 19.8 Å². The highest BCUT2D eigenvalue weighted by atomic mass is 16.5. The minimum Gasteiger partial charge on any atom is -0.379 e. The van der Waals surface area contributed by atoms with Gasteiger partial charge in [-0.2, -0.15) is 0 Å². The molecule has 1 aliphatic rings. The van der Waals surface area contributed by atoms with Crippen molar-refractivity contribution >= 4 is 0 Å². The van der Waals surface area contributed by atoms with Crippen molar-refractivity contribution in [1.29, 1.82) is 0 Å². The highest BCUT2D eigenvalue weighted by Crippen LogP contribution is 2.28. The topological polar surface area (TPSA) is 9.23 Å². The molecule has 0 bridgehead atoms. The van der Waals surface area contributed by atoms with Gasteiger partial charge in [-0.15, -0.1) is 0 Å². The van der Waals surface area contributed by atoms with Gasteiger partial charge in [-0.05, 0) is 38.5 Å². The number of ether oxygens (including phenoxy) is 1. The third-order valence-electron chi connectivity index (χ3n) is 2.80. The first-order valence-corrected chi connectivity index (χ1v) is 5.30. The highest BCUT2D eigenvalue weighted by Gasteiger charge is 2.18. The van der Waals surface area contributed by atoms with Gasteiger partial charge >= 0.3 is 0 Å². The molecule has 0 heterocycles. The second-order valence-electron chi connectivity index (χ2n) is 4.51. The van der Waals surface area contributed by atoms with Gasteiger partial charge < -0.3 is 4.74 Å². The maximum atomic E-state index is 5.62. The summed E-state index contributed by atoms with van der Waals surface area (Å²) in [4.78, 5) is 0. The Balaban J connectivity index is 2.09. The van der Waals surface area contributed by atoms with Crippen molar-refractivity contribution in [2.45, 2.75) is 52.6 Å². The summed E-state index contributed by atoms with van der Waals surface area (Å²) >= 11 is 0. The van der Waals surface area contributed by atoms with Crippen LogP contribution in [0.15, 0.2) is 0 Å². The third-order valence-corrected chi connectivity index (χ3v) is 2.80. The molecular formula is C11H22O. The molecule has 1 aliphatic carbocycles. The van der Waals surface area contributed by atoms with Crippen molar-refractivity contribution in [2.24, 2.45) is 11.8 Å². The monoisotopic (exact) mass is 170 g/mol. The van der Waals surface area contributed by atoms with Crippen molar-refractivity contribution in [3.8, 4) is 0 Å². The van der Waals surface area contributed by atoms with Crippen LogP contribution >= 0.6 is 0 Å². The van der Waals surface area contributed by atoms with Crippen molar-refractivity contribution in [3.63, 3.8) is 0 Å². The maximum Gasteiger partial charge on any atom is 0.0519 e. The lowest BCUT2D eigenvalue weighted by molar-refractivity contribution is 0.0375. The Morgan fingerprint density at radius 1 is 1.17 bits per heavy atom. The van der Waals surface area contributed by atoms with E-state index in [2.05, 4.69) is 20.8 Å². The molecule has 1 nitrogen and oxygen atoms in total. The Kier molecular flexibility index (Phi) is 4.07. The van der Waals surface area contributed by atoms with E-state index >= 15 is 0 Å². The van der Waals surface area contributed by atoms with E-state index in [1.54, 1.807) is 0 Å². The van der Waals surface area contributed by atoms with Gasteiger partial charge in [0.25, 0.3) is 0 Å². The fourth-order valence-electron chi connectivity index (χ4n) is 1.82. The van der Waals surface area contributed by atoms with E-state index in [-0.39, 0.29) is 0 Å². The summed E-state index contributed by atoms with van der Waals surface area (Å²) in [5, 5.41) is 0. The summed E-state index contributed by atoms with van der Waals surface area (Å²) < 4.78 is 5.62. The molecule has 0 aromatic rings. The summed E-state index contributed by atoms with van der Waals surface area (Å²) in [6.45, 7) is 7.58. The van der Waals surface area contributed by atoms with E-state index in [1.165, 1.54) is 25.7 Å². The van der Waals surface area contributed by atoms with Gasteiger partial charge in [0.2, 0.25) is 0 Å². The molecule has 1 heteroatoms. The van der Waals surface area contributed by atoms with Gasteiger partial charge in [0.1, 0.15) is 0 Å². The lowest BCUT2D eigenvalue weighted by Gasteiger charge is -2.26. The van der Waals surface area contributed by atoms with Crippen LogP contribution in [0.4, 0.5) is 0 Å². The Labute approximate surface area is 76.5 Å². The molecule has 0 atom stereocenters. The molecule has 1 fully saturated rings. The zero-order valence-corrected chi connectivity index (χ0v) is 8.68. The van der Waals surface area contributed by atoms with Crippen LogP contribution < -0.4 is 0 Å². The SMILES string of the molecule is CC(C)OC[C@H]1CC[C@H](C)CC1. The summed E-state index contributed by atoms with van der Waals surface area (Å²) in [5.41, 5.74) is 0. The lowest BCUT2D eigenvalue weighted by atomic mass is 9.83. The fourth-order valence-corrected chi connectivity index (χ4v) is 1.82. The minimum atomic E-state index is 0.407. The van der Waals surface area contributed by atoms with Gasteiger partial charge in [0.15, 0.2) is 0 Å². The van der Waals surface area contributed by atoms with Gasteiger partial charge in [0, 0.05) is 6.61 Å². The predicted octanol–water partition coefficient (Wildman–Crippen LogP) is 3.24. The average molecular weight is 170 g/mol. The first-order chi connectivity index (χ1) is 5.68. The summed E-state index contributed by atoms with van der Waals surface area (Å²) in [6.07, 6.45) is 5.99. The van der Waals surface area contributed by atoms with Gasteiger partial charge in [0.05, 0.1) is 6.10 Å². The van der Waals surface area contributed by atoms with E-state index < -0.39 is 0 Å². The smallest absolute Gasteiger partial charge is 0.0519 e. The van der Waals surface area contributed by atoms with Crippen molar-refractivity contribution in [3.05, 3.63) is 0 Å². The number of hydrogen-bond acceptors (Lipinski definition) is 1. The second-order valence-corrected chi connectivity index (χ2v) is 4.51. The first-order valence-electron chi connectivity index (χ1n) is 5.30.